The predicted octanol–water partition coefficient (Wildman–Crippen LogP) is 1.70. The van der Waals surface area contributed by atoms with E-state index in [1.54, 1.807) is 6.07 Å². The first-order chi connectivity index (χ1) is 8.22. The number of halogens is 1. The van der Waals surface area contributed by atoms with Gasteiger partial charge < -0.3 is 10.4 Å². The van der Waals surface area contributed by atoms with Gasteiger partial charge in [-0.3, -0.25) is 4.90 Å². The first kappa shape index (κ1) is 11.3. The van der Waals surface area contributed by atoms with E-state index in [1.807, 2.05) is 12.1 Å². The van der Waals surface area contributed by atoms with Gasteiger partial charge in [0.05, 0.1) is 0 Å². The summed E-state index contributed by atoms with van der Waals surface area (Å²) in [7, 11) is 0. The summed E-state index contributed by atoms with van der Waals surface area (Å²) in [5, 5.41) is 13.9. The van der Waals surface area contributed by atoms with E-state index in [0.717, 1.165) is 50.1 Å². The molecule has 2 heterocycles. The topological polar surface area (TPSA) is 35.5 Å². The van der Waals surface area contributed by atoms with E-state index < -0.39 is 0 Å². The van der Waals surface area contributed by atoms with Gasteiger partial charge in [-0.15, -0.1) is 0 Å². The van der Waals surface area contributed by atoms with Crippen LogP contribution in [0.5, 0.6) is 5.75 Å². The molecule has 0 amide bonds. The van der Waals surface area contributed by atoms with Gasteiger partial charge in [0.15, 0.2) is 0 Å². The van der Waals surface area contributed by atoms with Gasteiger partial charge in [0.2, 0.25) is 0 Å². The van der Waals surface area contributed by atoms with Crippen LogP contribution in [0.25, 0.3) is 0 Å². The zero-order valence-corrected chi connectivity index (χ0v) is 10.5. The Morgan fingerprint density at radius 3 is 2.65 bits per heavy atom. The average molecular weight is 253 g/mol. The van der Waals surface area contributed by atoms with Crippen molar-refractivity contribution in [2.24, 2.45) is 11.8 Å². The van der Waals surface area contributed by atoms with Crippen molar-refractivity contribution < 1.29 is 5.11 Å². The number of nitrogens with one attached hydrogen (secondary N) is 1. The second kappa shape index (κ2) is 4.48. The van der Waals surface area contributed by atoms with E-state index in [9.17, 15) is 5.11 Å². The molecule has 0 aromatic heterocycles. The van der Waals surface area contributed by atoms with Gasteiger partial charge in [-0.05, 0) is 37.1 Å². The summed E-state index contributed by atoms with van der Waals surface area (Å²) in [4.78, 5) is 2.43. The molecule has 4 heteroatoms. The molecule has 0 saturated carbocycles. The lowest BCUT2D eigenvalue weighted by molar-refractivity contribution is 0.300. The number of hydrogen-bond acceptors (Lipinski definition) is 3. The fourth-order valence-corrected chi connectivity index (χ4v) is 3.16. The molecule has 3 rings (SSSR count). The maximum atomic E-state index is 9.83. The maximum Gasteiger partial charge on any atom is 0.121 e. The fraction of sp³-hybridized carbons (Fsp3) is 0.538. The number of phenols is 1. The molecule has 0 spiro atoms. The van der Waals surface area contributed by atoms with Crippen LogP contribution in [-0.2, 0) is 6.54 Å². The minimum absolute atomic E-state index is 0.313. The smallest absolute Gasteiger partial charge is 0.121 e. The Hall–Kier alpha value is -0.770. The average Bonchev–Trinajstić information content (AvgIpc) is 2.82. The Kier molecular flexibility index (Phi) is 2.99. The van der Waals surface area contributed by atoms with Crippen molar-refractivity contribution in [1.82, 2.24) is 10.2 Å². The summed E-state index contributed by atoms with van der Waals surface area (Å²) in [5.74, 6) is 1.90. The fourth-order valence-electron chi connectivity index (χ4n) is 2.99. The lowest BCUT2D eigenvalue weighted by Crippen LogP contribution is -2.25. The van der Waals surface area contributed by atoms with Crippen LogP contribution in [0, 0.1) is 11.8 Å². The Morgan fingerprint density at radius 2 is 2.00 bits per heavy atom. The number of nitrogens with zero attached hydrogens (tertiary/aromatic N) is 1. The lowest BCUT2D eigenvalue weighted by atomic mass is 10.0. The van der Waals surface area contributed by atoms with Crippen molar-refractivity contribution in [1.29, 1.82) is 0 Å². The molecule has 1 aromatic carbocycles. The molecule has 2 N–H and O–H groups in total. The highest BCUT2D eigenvalue weighted by atomic mass is 35.5. The summed E-state index contributed by atoms with van der Waals surface area (Å²) < 4.78 is 0. The molecule has 2 fully saturated rings. The number of fused-ring (bicyclic) bond motifs is 1. The predicted molar refractivity (Wildman–Crippen MR) is 68.2 cm³/mol. The Morgan fingerprint density at radius 1 is 1.29 bits per heavy atom. The lowest BCUT2D eigenvalue weighted by Gasteiger charge is -2.17. The molecule has 2 aliphatic heterocycles. The van der Waals surface area contributed by atoms with E-state index in [2.05, 4.69) is 10.2 Å². The molecule has 2 aliphatic rings. The number of hydrogen-bond donors (Lipinski definition) is 2. The molecular weight excluding hydrogens is 236 g/mol. The zero-order chi connectivity index (χ0) is 11.8. The number of benzene rings is 1. The van der Waals surface area contributed by atoms with Crippen LogP contribution in [0.3, 0.4) is 0 Å². The molecule has 92 valence electrons. The van der Waals surface area contributed by atoms with Crippen LogP contribution in [0.4, 0.5) is 0 Å². The molecule has 1 aromatic rings. The zero-order valence-electron chi connectivity index (χ0n) is 9.69. The molecule has 0 bridgehead atoms. The molecule has 2 saturated heterocycles. The first-order valence-corrected chi connectivity index (χ1v) is 6.50. The van der Waals surface area contributed by atoms with Crippen molar-refractivity contribution in [2.45, 2.75) is 6.54 Å². The van der Waals surface area contributed by atoms with E-state index in [0.29, 0.717) is 10.8 Å². The van der Waals surface area contributed by atoms with E-state index in [1.165, 1.54) is 0 Å². The van der Waals surface area contributed by atoms with Crippen molar-refractivity contribution in [3.63, 3.8) is 0 Å². The number of aromatic hydroxyl groups is 1. The quantitative estimate of drug-likeness (QED) is 0.841. The molecule has 17 heavy (non-hydrogen) atoms. The Bertz CT molecular complexity index is 412. The van der Waals surface area contributed by atoms with Crippen molar-refractivity contribution in [3.05, 3.63) is 28.8 Å². The minimum Gasteiger partial charge on any atom is -0.508 e. The summed E-state index contributed by atoms with van der Waals surface area (Å²) in [5.41, 5.74) is 0.974. The maximum absolute atomic E-state index is 9.83. The van der Waals surface area contributed by atoms with Crippen molar-refractivity contribution in [3.8, 4) is 5.75 Å². The van der Waals surface area contributed by atoms with Gasteiger partial charge in [-0.25, -0.2) is 0 Å². The standard InChI is InChI=1S/C13H17ClN2O/c14-12-2-1-9(13(17)3-12)6-16-7-10-4-15-5-11(10)8-16/h1-3,10-11,15,17H,4-8H2. The third-order valence-corrected chi connectivity index (χ3v) is 4.14. The number of phenolic OH excluding ortho intramolecular Hbond substituents is 1. The molecule has 2 unspecified atom stereocenters. The Labute approximate surface area is 106 Å². The summed E-state index contributed by atoms with van der Waals surface area (Å²) in [6.45, 7) is 5.40. The highest BCUT2D eigenvalue weighted by Gasteiger charge is 2.35. The van der Waals surface area contributed by atoms with Crippen LogP contribution >= 0.6 is 11.6 Å². The van der Waals surface area contributed by atoms with Crippen molar-refractivity contribution in [2.75, 3.05) is 26.2 Å². The monoisotopic (exact) mass is 252 g/mol. The second-order valence-corrected chi connectivity index (χ2v) is 5.58. The van der Waals surface area contributed by atoms with Gasteiger partial charge in [-0.1, -0.05) is 17.7 Å². The molecule has 0 aliphatic carbocycles. The molecule has 2 atom stereocenters. The normalized spacial score (nSPS) is 28.5. The van der Waals surface area contributed by atoms with E-state index in [4.69, 9.17) is 11.6 Å². The summed E-state index contributed by atoms with van der Waals surface area (Å²) in [6.07, 6.45) is 0. The van der Waals surface area contributed by atoms with Gasteiger partial charge in [0.1, 0.15) is 5.75 Å². The number of rotatable bonds is 2. The van der Waals surface area contributed by atoms with Crippen molar-refractivity contribution >= 4 is 11.6 Å². The van der Waals surface area contributed by atoms with Crippen LogP contribution in [0.15, 0.2) is 18.2 Å². The third kappa shape index (κ3) is 2.28. The second-order valence-electron chi connectivity index (χ2n) is 5.15. The SMILES string of the molecule is Oc1cc(Cl)ccc1CN1CC2CNCC2C1. The van der Waals surface area contributed by atoms with Crippen LogP contribution in [-0.4, -0.2) is 36.2 Å². The summed E-state index contributed by atoms with van der Waals surface area (Å²) in [6, 6.07) is 5.38. The minimum atomic E-state index is 0.313. The molecule has 3 nitrogen and oxygen atoms in total. The van der Waals surface area contributed by atoms with Gasteiger partial charge >= 0.3 is 0 Å². The van der Waals surface area contributed by atoms with Crippen LogP contribution in [0.1, 0.15) is 5.56 Å². The van der Waals surface area contributed by atoms with Gasteiger partial charge in [-0.2, -0.15) is 0 Å². The van der Waals surface area contributed by atoms with Crippen LogP contribution < -0.4 is 5.32 Å². The van der Waals surface area contributed by atoms with Gasteiger partial charge in [0, 0.05) is 30.2 Å². The molecular formula is C13H17ClN2O. The van der Waals surface area contributed by atoms with Gasteiger partial charge in [0.25, 0.3) is 0 Å². The first-order valence-electron chi connectivity index (χ1n) is 6.13. The van der Waals surface area contributed by atoms with E-state index >= 15 is 0 Å². The van der Waals surface area contributed by atoms with E-state index in [-0.39, 0.29) is 0 Å². The largest absolute Gasteiger partial charge is 0.508 e. The number of likely N-dealkylation sites (tertiary alicyclic amines) is 1. The third-order valence-electron chi connectivity index (χ3n) is 3.91. The summed E-state index contributed by atoms with van der Waals surface area (Å²) >= 11 is 5.83. The highest BCUT2D eigenvalue weighted by Crippen LogP contribution is 2.29. The van der Waals surface area contributed by atoms with Crippen LogP contribution in [0.2, 0.25) is 5.02 Å². The highest BCUT2D eigenvalue weighted by molar-refractivity contribution is 6.30. The molecule has 0 radical (unpaired) electrons. The Balaban J connectivity index is 1.67.